The molecule has 0 unspecified atom stereocenters. The summed E-state index contributed by atoms with van der Waals surface area (Å²) < 4.78 is 14.1. The number of phenols is 1. The van der Waals surface area contributed by atoms with Gasteiger partial charge in [0.1, 0.15) is 23.1 Å². The van der Waals surface area contributed by atoms with Crippen molar-refractivity contribution in [3.63, 3.8) is 0 Å². The van der Waals surface area contributed by atoms with E-state index in [1.807, 2.05) is 0 Å². The van der Waals surface area contributed by atoms with E-state index in [2.05, 4.69) is 9.97 Å². The van der Waals surface area contributed by atoms with Gasteiger partial charge in [0.2, 0.25) is 0 Å². The van der Waals surface area contributed by atoms with Crippen LogP contribution in [0.25, 0.3) is 11.3 Å². The SMILES string of the molecule is CSc1nc(-c2c(O)ccc(Cl)c2F)c(C#N)c(=O)[nH]1. The minimum atomic E-state index is -0.937. The molecule has 0 aliphatic heterocycles. The number of phenolic OH excluding ortho intramolecular Hbond substituents is 1. The number of thioether (sulfide) groups is 1. The number of nitriles is 1. The van der Waals surface area contributed by atoms with E-state index in [4.69, 9.17) is 16.9 Å². The molecular formula is C12H7ClFN3O2S. The van der Waals surface area contributed by atoms with Gasteiger partial charge in [-0.3, -0.25) is 4.79 Å². The maximum absolute atomic E-state index is 14.1. The molecule has 0 bridgehead atoms. The maximum Gasteiger partial charge on any atom is 0.270 e. The van der Waals surface area contributed by atoms with Crippen LogP contribution >= 0.6 is 23.4 Å². The van der Waals surface area contributed by atoms with Crippen molar-refractivity contribution in [2.24, 2.45) is 0 Å². The van der Waals surface area contributed by atoms with Gasteiger partial charge in [0, 0.05) is 0 Å². The molecule has 0 aliphatic carbocycles. The zero-order valence-corrected chi connectivity index (χ0v) is 11.6. The van der Waals surface area contributed by atoms with Crippen molar-refractivity contribution in [2.75, 3.05) is 6.26 Å². The Labute approximate surface area is 122 Å². The summed E-state index contributed by atoms with van der Waals surface area (Å²) in [6.07, 6.45) is 1.66. The maximum atomic E-state index is 14.1. The standard InChI is InChI=1S/C12H7ClFN3O2S/c1-20-12-16-10(5(4-15)11(19)17-12)8-7(18)3-2-6(13)9(8)14/h2-3,18H,1H3,(H,16,17,19). The second-order valence-corrected chi connectivity index (χ2v) is 4.87. The quantitative estimate of drug-likeness (QED) is 0.657. The third kappa shape index (κ3) is 2.35. The van der Waals surface area contributed by atoms with Gasteiger partial charge in [-0.05, 0) is 18.4 Å². The van der Waals surface area contributed by atoms with Crippen molar-refractivity contribution in [3.8, 4) is 23.1 Å². The highest BCUT2D eigenvalue weighted by molar-refractivity contribution is 7.98. The molecule has 2 rings (SSSR count). The van der Waals surface area contributed by atoms with E-state index in [1.165, 1.54) is 12.1 Å². The van der Waals surface area contributed by atoms with Crippen LogP contribution in [0.15, 0.2) is 22.1 Å². The lowest BCUT2D eigenvalue weighted by atomic mass is 10.1. The normalized spacial score (nSPS) is 10.3. The molecule has 0 saturated heterocycles. The van der Waals surface area contributed by atoms with E-state index in [9.17, 15) is 14.3 Å². The molecular weight excluding hydrogens is 305 g/mol. The number of aromatic amines is 1. The third-order valence-electron chi connectivity index (χ3n) is 2.51. The smallest absolute Gasteiger partial charge is 0.270 e. The fraction of sp³-hybridized carbons (Fsp3) is 0.0833. The van der Waals surface area contributed by atoms with E-state index in [1.54, 1.807) is 12.3 Å². The summed E-state index contributed by atoms with van der Waals surface area (Å²) in [4.78, 5) is 18.1. The Hall–Kier alpha value is -2.04. The molecule has 20 heavy (non-hydrogen) atoms. The predicted octanol–water partition coefficient (Wildman–Crippen LogP) is 2.53. The van der Waals surface area contributed by atoms with Gasteiger partial charge in [-0.2, -0.15) is 5.26 Å². The third-order valence-corrected chi connectivity index (χ3v) is 3.38. The van der Waals surface area contributed by atoms with Crippen molar-refractivity contribution >= 4 is 23.4 Å². The molecule has 0 fully saturated rings. The Kier molecular flexibility index (Phi) is 3.97. The summed E-state index contributed by atoms with van der Waals surface area (Å²) in [7, 11) is 0. The Morgan fingerprint density at radius 2 is 2.25 bits per heavy atom. The molecule has 1 aromatic carbocycles. The van der Waals surface area contributed by atoms with Crippen LogP contribution in [0.3, 0.4) is 0 Å². The van der Waals surface area contributed by atoms with Crippen LogP contribution in [0.4, 0.5) is 4.39 Å². The van der Waals surface area contributed by atoms with Gasteiger partial charge in [0.15, 0.2) is 11.0 Å². The van der Waals surface area contributed by atoms with Crippen LogP contribution in [0.2, 0.25) is 5.02 Å². The first-order valence-electron chi connectivity index (χ1n) is 5.25. The summed E-state index contributed by atoms with van der Waals surface area (Å²) >= 11 is 6.77. The number of aromatic nitrogens is 2. The van der Waals surface area contributed by atoms with E-state index in [0.29, 0.717) is 0 Å². The Balaban J connectivity index is 2.89. The Morgan fingerprint density at radius 3 is 2.85 bits per heavy atom. The average Bonchev–Trinajstić information content (AvgIpc) is 2.43. The highest BCUT2D eigenvalue weighted by atomic mass is 35.5. The van der Waals surface area contributed by atoms with Gasteiger partial charge in [0.25, 0.3) is 5.56 Å². The zero-order chi connectivity index (χ0) is 14.9. The molecule has 0 amide bonds. The van der Waals surface area contributed by atoms with Gasteiger partial charge in [-0.15, -0.1) is 0 Å². The predicted molar refractivity (Wildman–Crippen MR) is 73.4 cm³/mol. The lowest BCUT2D eigenvalue weighted by Gasteiger charge is -2.09. The number of nitrogens with zero attached hydrogens (tertiary/aromatic N) is 2. The molecule has 0 atom stereocenters. The summed E-state index contributed by atoms with van der Waals surface area (Å²) in [5.41, 5.74) is -1.70. The van der Waals surface area contributed by atoms with Gasteiger partial charge >= 0.3 is 0 Å². The van der Waals surface area contributed by atoms with Gasteiger partial charge in [-0.25, -0.2) is 9.37 Å². The lowest BCUT2D eigenvalue weighted by molar-refractivity contribution is 0.471. The van der Waals surface area contributed by atoms with Gasteiger partial charge < -0.3 is 10.1 Å². The first-order chi connectivity index (χ1) is 9.49. The zero-order valence-electron chi connectivity index (χ0n) is 10.1. The summed E-state index contributed by atoms with van der Waals surface area (Å²) in [6.45, 7) is 0. The van der Waals surface area contributed by atoms with Crippen molar-refractivity contribution < 1.29 is 9.50 Å². The minimum absolute atomic E-state index is 0.197. The summed E-state index contributed by atoms with van der Waals surface area (Å²) in [5.74, 6) is -1.39. The molecule has 2 N–H and O–H groups in total. The molecule has 0 aliphatic rings. The highest BCUT2D eigenvalue weighted by Crippen LogP contribution is 2.35. The van der Waals surface area contributed by atoms with Crippen molar-refractivity contribution in [2.45, 2.75) is 5.16 Å². The number of hydrogen-bond acceptors (Lipinski definition) is 5. The number of aromatic hydroxyl groups is 1. The van der Waals surface area contributed by atoms with Crippen molar-refractivity contribution in [3.05, 3.63) is 38.9 Å². The van der Waals surface area contributed by atoms with Crippen molar-refractivity contribution in [1.29, 1.82) is 5.26 Å². The molecule has 0 saturated carbocycles. The van der Waals surface area contributed by atoms with E-state index >= 15 is 0 Å². The Bertz CT molecular complexity index is 785. The van der Waals surface area contributed by atoms with Gasteiger partial charge in [0.05, 0.1) is 10.6 Å². The van der Waals surface area contributed by atoms with Crippen LogP contribution < -0.4 is 5.56 Å². The number of H-pyrrole nitrogens is 1. The van der Waals surface area contributed by atoms with Crippen LogP contribution in [0.5, 0.6) is 5.75 Å². The number of halogens is 2. The lowest BCUT2D eigenvalue weighted by Crippen LogP contribution is -2.15. The first-order valence-corrected chi connectivity index (χ1v) is 6.85. The van der Waals surface area contributed by atoms with Crippen LogP contribution in [-0.2, 0) is 0 Å². The largest absolute Gasteiger partial charge is 0.507 e. The summed E-state index contributed by atoms with van der Waals surface area (Å²) in [5, 5.41) is 18.8. The van der Waals surface area contributed by atoms with Crippen LogP contribution in [-0.4, -0.2) is 21.3 Å². The number of nitrogens with one attached hydrogen (secondary N) is 1. The fourth-order valence-electron chi connectivity index (χ4n) is 1.60. The highest BCUT2D eigenvalue weighted by Gasteiger charge is 2.21. The number of benzene rings is 1. The monoisotopic (exact) mass is 311 g/mol. The number of rotatable bonds is 2. The van der Waals surface area contributed by atoms with Crippen LogP contribution in [0, 0.1) is 17.1 Å². The topological polar surface area (TPSA) is 89.8 Å². The Morgan fingerprint density at radius 1 is 1.55 bits per heavy atom. The molecule has 1 heterocycles. The molecule has 5 nitrogen and oxygen atoms in total. The molecule has 1 aromatic heterocycles. The fourth-order valence-corrected chi connectivity index (χ4v) is 2.13. The number of hydrogen-bond donors (Lipinski definition) is 2. The van der Waals surface area contributed by atoms with E-state index in [0.717, 1.165) is 11.8 Å². The summed E-state index contributed by atoms with van der Waals surface area (Å²) in [6, 6.07) is 3.99. The molecule has 8 heteroatoms. The van der Waals surface area contributed by atoms with Crippen molar-refractivity contribution in [1.82, 2.24) is 9.97 Å². The second kappa shape index (κ2) is 5.53. The average molecular weight is 312 g/mol. The molecule has 0 radical (unpaired) electrons. The minimum Gasteiger partial charge on any atom is -0.507 e. The molecule has 0 spiro atoms. The first kappa shape index (κ1) is 14.4. The van der Waals surface area contributed by atoms with E-state index < -0.39 is 17.1 Å². The second-order valence-electron chi connectivity index (χ2n) is 3.67. The van der Waals surface area contributed by atoms with E-state index in [-0.39, 0.29) is 27.0 Å². The van der Waals surface area contributed by atoms with Gasteiger partial charge in [-0.1, -0.05) is 23.4 Å². The molecule has 102 valence electrons. The molecule has 2 aromatic rings. The van der Waals surface area contributed by atoms with Crippen LogP contribution in [0.1, 0.15) is 5.56 Å².